The van der Waals surface area contributed by atoms with Crippen molar-refractivity contribution in [2.24, 2.45) is 5.10 Å². The Morgan fingerprint density at radius 2 is 2.40 bits per heavy atom. The highest BCUT2D eigenvalue weighted by Crippen LogP contribution is 2.19. The highest BCUT2D eigenvalue weighted by Gasteiger charge is 2.08. The highest BCUT2D eigenvalue weighted by atomic mass is 35.5. The second-order valence-electron chi connectivity index (χ2n) is 3.80. The molecule has 0 bridgehead atoms. The van der Waals surface area contributed by atoms with Gasteiger partial charge in [0.15, 0.2) is 10.1 Å². The van der Waals surface area contributed by atoms with E-state index < -0.39 is 0 Å². The first-order valence-corrected chi connectivity index (χ1v) is 6.74. The summed E-state index contributed by atoms with van der Waals surface area (Å²) in [5.41, 5.74) is 3.19. The average Bonchev–Trinajstić information content (AvgIpc) is 2.96. The summed E-state index contributed by atoms with van der Waals surface area (Å²) in [4.78, 5) is 18.8. The number of hydrogen-bond donors (Lipinski definition) is 2. The van der Waals surface area contributed by atoms with E-state index in [0.717, 1.165) is 4.96 Å². The molecule has 0 saturated heterocycles. The van der Waals surface area contributed by atoms with E-state index in [2.05, 4.69) is 30.7 Å². The number of hydrogen-bond acceptors (Lipinski definition) is 7. The van der Waals surface area contributed by atoms with Crippen molar-refractivity contribution in [3.8, 4) is 0 Å². The van der Waals surface area contributed by atoms with Gasteiger partial charge in [0, 0.05) is 11.6 Å². The van der Waals surface area contributed by atoms with Crippen LogP contribution in [0.5, 0.6) is 0 Å². The van der Waals surface area contributed by atoms with Gasteiger partial charge in [-0.2, -0.15) is 5.10 Å². The summed E-state index contributed by atoms with van der Waals surface area (Å²) in [5, 5.41) is 13.6. The number of rotatable bonds is 3. The zero-order valence-electron chi connectivity index (χ0n) is 10.2. The Kier molecular flexibility index (Phi) is 3.20. The third-order valence-electron chi connectivity index (χ3n) is 2.47. The maximum absolute atomic E-state index is 11.3. The van der Waals surface area contributed by atoms with E-state index in [9.17, 15) is 4.79 Å². The molecule has 0 fully saturated rings. The van der Waals surface area contributed by atoms with Gasteiger partial charge in [0.25, 0.3) is 5.56 Å². The van der Waals surface area contributed by atoms with E-state index in [1.165, 1.54) is 17.6 Å². The minimum Gasteiger partial charge on any atom is -0.288 e. The van der Waals surface area contributed by atoms with E-state index in [1.807, 2.05) is 16.0 Å². The summed E-state index contributed by atoms with van der Waals surface area (Å²) in [7, 11) is 0. The van der Waals surface area contributed by atoms with Gasteiger partial charge in [0.1, 0.15) is 11.4 Å². The first-order valence-electron chi connectivity index (χ1n) is 5.49. The van der Waals surface area contributed by atoms with Crippen LogP contribution in [0, 0.1) is 6.92 Å². The number of nitrogens with zero attached hydrogens (tertiary/aromatic N) is 5. The van der Waals surface area contributed by atoms with Crippen LogP contribution in [-0.2, 0) is 0 Å². The van der Waals surface area contributed by atoms with Crippen LogP contribution in [0.1, 0.15) is 11.4 Å². The van der Waals surface area contributed by atoms with E-state index in [1.54, 1.807) is 6.92 Å². The van der Waals surface area contributed by atoms with Crippen molar-refractivity contribution >= 4 is 40.1 Å². The smallest absolute Gasteiger partial charge is 0.274 e. The van der Waals surface area contributed by atoms with Crippen LogP contribution in [0.15, 0.2) is 21.5 Å². The number of nitrogens with one attached hydrogen (secondary N) is 2. The molecule has 0 unspecified atom stereocenters. The third-order valence-corrected chi connectivity index (χ3v) is 3.51. The molecule has 0 saturated carbocycles. The van der Waals surface area contributed by atoms with Gasteiger partial charge in [-0.1, -0.05) is 11.6 Å². The summed E-state index contributed by atoms with van der Waals surface area (Å²) in [6, 6.07) is 0. The predicted molar refractivity (Wildman–Crippen MR) is 76.7 cm³/mol. The molecule has 3 aromatic rings. The summed E-state index contributed by atoms with van der Waals surface area (Å²) in [6.45, 7) is 1.57. The third kappa shape index (κ3) is 2.28. The van der Waals surface area contributed by atoms with Crippen LogP contribution < -0.4 is 11.0 Å². The fraction of sp³-hybridized carbons (Fsp3) is 0.100. The summed E-state index contributed by atoms with van der Waals surface area (Å²) < 4.78 is 1.81. The quantitative estimate of drug-likeness (QED) is 0.561. The highest BCUT2D eigenvalue weighted by molar-refractivity contribution is 7.15. The van der Waals surface area contributed by atoms with Gasteiger partial charge in [0.2, 0.25) is 5.95 Å². The molecule has 0 aliphatic heterocycles. The lowest BCUT2D eigenvalue weighted by molar-refractivity contribution is 0.897. The van der Waals surface area contributed by atoms with Gasteiger partial charge >= 0.3 is 0 Å². The Bertz CT molecular complexity index is 849. The van der Waals surface area contributed by atoms with Crippen molar-refractivity contribution < 1.29 is 0 Å². The maximum atomic E-state index is 11.3. The van der Waals surface area contributed by atoms with Gasteiger partial charge in [-0.25, -0.2) is 10.4 Å². The SMILES string of the molecule is Cc1nnc(N/N=C/c2c(Cl)nc3sccn23)[nH]c1=O. The largest absolute Gasteiger partial charge is 0.288 e. The summed E-state index contributed by atoms with van der Waals surface area (Å²) in [6.07, 6.45) is 3.34. The number of imidazole rings is 1. The van der Waals surface area contributed by atoms with Crippen LogP contribution in [0.25, 0.3) is 4.96 Å². The van der Waals surface area contributed by atoms with Crippen molar-refractivity contribution in [3.63, 3.8) is 0 Å². The number of thiazole rings is 1. The molecule has 0 atom stereocenters. The summed E-state index contributed by atoms with van der Waals surface area (Å²) in [5.74, 6) is 0.152. The molecule has 0 aromatic carbocycles. The van der Waals surface area contributed by atoms with Gasteiger partial charge < -0.3 is 0 Å². The van der Waals surface area contributed by atoms with Crippen LogP contribution in [0.2, 0.25) is 5.15 Å². The molecule has 0 aliphatic rings. The molecule has 102 valence electrons. The molecular weight excluding hydrogens is 302 g/mol. The number of halogens is 1. The van der Waals surface area contributed by atoms with Gasteiger partial charge in [-0.3, -0.25) is 14.2 Å². The fourth-order valence-electron chi connectivity index (χ4n) is 1.49. The molecule has 8 nitrogen and oxygen atoms in total. The van der Waals surface area contributed by atoms with Crippen LogP contribution in [-0.4, -0.2) is 30.8 Å². The minimum atomic E-state index is -0.319. The first kappa shape index (κ1) is 12.8. The Balaban J connectivity index is 1.83. The van der Waals surface area contributed by atoms with Crippen LogP contribution >= 0.6 is 22.9 Å². The van der Waals surface area contributed by atoms with Crippen molar-refractivity contribution in [1.29, 1.82) is 0 Å². The van der Waals surface area contributed by atoms with Crippen molar-refractivity contribution in [2.75, 3.05) is 5.43 Å². The van der Waals surface area contributed by atoms with Gasteiger partial charge in [-0.15, -0.1) is 21.5 Å². The van der Waals surface area contributed by atoms with Gasteiger partial charge in [0.05, 0.1) is 6.21 Å². The minimum absolute atomic E-state index is 0.152. The molecule has 3 aromatic heterocycles. The maximum Gasteiger partial charge on any atom is 0.274 e. The zero-order chi connectivity index (χ0) is 14.1. The Labute approximate surface area is 121 Å². The van der Waals surface area contributed by atoms with E-state index in [0.29, 0.717) is 16.5 Å². The second-order valence-corrected chi connectivity index (χ2v) is 5.03. The first-order chi connectivity index (χ1) is 9.65. The van der Waals surface area contributed by atoms with Crippen LogP contribution in [0.3, 0.4) is 0 Å². The number of H-pyrrole nitrogens is 1. The molecule has 0 spiro atoms. The monoisotopic (exact) mass is 309 g/mol. The summed E-state index contributed by atoms with van der Waals surface area (Å²) >= 11 is 7.48. The van der Waals surface area contributed by atoms with E-state index >= 15 is 0 Å². The van der Waals surface area contributed by atoms with Crippen molar-refractivity contribution in [2.45, 2.75) is 6.92 Å². The predicted octanol–water partition coefficient (Wildman–Crippen LogP) is 1.28. The molecular formula is C10H8ClN7OS. The standard InChI is InChI=1S/C10H8ClN7OS/c1-5-8(19)14-9(17-15-5)16-12-4-6-7(11)13-10-18(6)2-3-20-10/h2-4H,1H3,(H2,14,16,17,19)/b12-4+. The molecule has 20 heavy (non-hydrogen) atoms. The Morgan fingerprint density at radius 3 is 3.20 bits per heavy atom. The van der Waals surface area contributed by atoms with Crippen molar-refractivity contribution in [3.05, 3.63) is 38.5 Å². The lowest BCUT2D eigenvalue weighted by Crippen LogP contribution is -2.15. The lowest BCUT2D eigenvalue weighted by Gasteiger charge is -1.97. The van der Waals surface area contributed by atoms with E-state index in [4.69, 9.17) is 11.6 Å². The van der Waals surface area contributed by atoms with E-state index in [-0.39, 0.29) is 11.5 Å². The Morgan fingerprint density at radius 1 is 1.55 bits per heavy atom. The van der Waals surface area contributed by atoms with Crippen LogP contribution in [0.4, 0.5) is 5.95 Å². The van der Waals surface area contributed by atoms with Gasteiger partial charge in [-0.05, 0) is 6.92 Å². The normalized spacial score (nSPS) is 11.5. The van der Waals surface area contributed by atoms with Crippen molar-refractivity contribution in [1.82, 2.24) is 24.6 Å². The molecule has 0 aliphatic carbocycles. The second kappa shape index (κ2) is 5.02. The lowest BCUT2D eigenvalue weighted by atomic mass is 10.5. The Hall–Kier alpha value is -2.26. The zero-order valence-corrected chi connectivity index (χ0v) is 11.7. The number of aryl methyl sites for hydroxylation is 1. The number of aromatic amines is 1. The fourth-order valence-corrected chi connectivity index (χ4v) is 2.48. The average molecular weight is 310 g/mol. The molecule has 0 radical (unpaired) electrons. The number of fused-ring (bicyclic) bond motifs is 1. The molecule has 3 heterocycles. The number of hydrazone groups is 1. The molecule has 10 heteroatoms. The molecule has 2 N–H and O–H groups in total. The number of anilines is 1. The molecule has 3 rings (SSSR count). The number of aromatic nitrogens is 5. The topological polar surface area (TPSA) is 100 Å². The molecule has 0 amide bonds.